The summed E-state index contributed by atoms with van der Waals surface area (Å²) in [7, 11) is 0. The van der Waals surface area contributed by atoms with E-state index in [-0.39, 0.29) is 5.56 Å². The largest absolute Gasteiger partial charge is 0.347 e. The number of nitrogens with one attached hydrogen (secondary N) is 1. The quantitative estimate of drug-likeness (QED) is 0.889. The number of halogens is 2. The van der Waals surface area contributed by atoms with E-state index in [1.807, 2.05) is 12.1 Å². The lowest BCUT2D eigenvalue weighted by Gasteiger charge is -2.06. The van der Waals surface area contributed by atoms with Crippen LogP contribution in [0.25, 0.3) is 0 Å². The number of rotatable bonds is 4. The first kappa shape index (κ1) is 14.2. The third-order valence-electron chi connectivity index (χ3n) is 2.68. The molecular formula is C14H13BrFNOS. The summed E-state index contributed by atoms with van der Waals surface area (Å²) in [6.07, 6.45) is 0.984. The Morgan fingerprint density at radius 3 is 2.68 bits per heavy atom. The van der Waals surface area contributed by atoms with Crippen LogP contribution in [0.5, 0.6) is 0 Å². The molecule has 0 aliphatic carbocycles. The van der Waals surface area contributed by atoms with E-state index in [1.165, 1.54) is 10.9 Å². The van der Waals surface area contributed by atoms with E-state index in [0.29, 0.717) is 11.0 Å². The molecule has 0 aliphatic rings. The fraction of sp³-hybridized carbons (Fsp3) is 0.214. The molecule has 19 heavy (non-hydrogen) atoms. The predicted molar refractivity (Wildman–Crippen MR) is 79.0 cm³/mol. The van der Waals surface area contributed by atoms with Gasteiger partial charge in [0.2, 0.25) is 0 Å². The molecule has 1 aromatic carbocycles. The lowest BCUT2D eigenvalue weighted by Crippen LogP contribution is -2.23. The second kappa shape index (κ2) is 6.30. The van der Waals surface area contributed by atoms with Crippen LogP contribution in [0.3, 0.4) is 0 Å². The van der Waals surface area contributed by atoms with Crippen LogP contribution in [-0.4, -0.2) is 5.91 Å². The van der Waals surface area contributed by atoms with Crippen molar-refractivity contribution in [3.63, 3.8) is 0 Å². The molecule has 0 spiro atoms. The summed E-state index contributed by atoms with van der Waals surface area (Å²) >= 11 is 4.85. The Labute approximate surface area is 123 Å². The van der Waals surface area contributed by atoms with Crippen molar-refractivity contribution in [2.45, 2.75) is 19.9 Å². The molecule has 0 bridgehead atoms. The third-order valence-corrected chi connectivity index (χ3v) is 4.57. The van der Waals surface area contributed by atoms with Crippen LogP contribution in [0.2, 0.25) is 0 Å². The monoisotopic (exact) mass is 341 g/mol. The smallest absolute Gasteiger partial charge is 0.255 e. The molecule has 0 unspecified atom stereocenters. The van der Waals surface area contributed by atoms with E-state index in [9.17, 15) is 9.18 Å². The van der Waals surface area contributed by atoms with E-state index in [1.54, 1.807) is 23.5 Å². The molecule has 100 valence electrons. The highest BCUT2D eigenvalue weighted by atomic mass is 79.9. The average Bonchev–Trinajstić information content (AvgIpc) is 2.84. The minimum atomic E-state index is -0.521. The predicted octanol–water partition coefficient (Wildman–Crippen LogP) is 4.14. The minimum absolute atomic E-state index is 0.0507. The van der Waals surface area contributed by atoms with Crippen molar-refractivity contribution in [2.75, 3.05) is 0 Å². The Bertz CT molecular complexity index is 577. The van der Waals surface area contributed by atoms with Gasteiger partial charge in [-0.25, -0.2) is 4.39 Å². The molecule has 2 rings (SSSR count). The SMILES string of the molecule is CCc1ccc(CNC(=O)c2c(F)cccc2Br)s1. The summed E-state index contributed by atoms with van der Waals surface area (Å²) in [4.78, 5) is 14.3. The van der Waals surface area contributed by atoms with Gasteiger partial charge in [0.25, 0.3) is 5.91 Å². The van der Waals surface area contributed by atoms with Crippen LogP contribution >= 0.6 is 27.3 Å². The number of amides is 1. The van der Waals surface area contributed by atoms with Gasteiger partial charge in [-0.3, -0.25) is 4.79 Å². The van der Waals surface area contributed by atoms with Crippen molar-refractivity contribution in [2.24, 2.45) is 0 Å². The summed E-state index contributed by atoms with van der Waals surface area (Å²) < 4.78 is 14.1. The van der Waals surface area contributed by atoms with E-state index in [2.05, 4.69) is 28.2 Å². The number of aryl methyl sites for hydroxylation is 1. The summed E-state index contributed by atoms with van der Waals surface area (Å²) in [6.45, 7) is 2.51. The number of carbonyl (C=O) groups is 1. The van der Waals surface area contributed by atoms with E-state index >= 15 is 0 Å². The van der Waals surface area contributed by atoms with E-state index < -0.39 is 11.7 Å². The number of benzene rings is 1. The maximum absolute atomic E-state index is 13.6. The first-order valence-electron chi connectivity index (χ1n) is 5.91. The zero-order chi connectivity index (χ0) is 13.8. The molecule has 1 amide bonds. The maximum Gasteiger partial charge on any atom is 0.255 e. The number of hydrogen-bond acceptors (Lipinski definition) is 2. The Kier molecular flexibility index (Phi) is 4.71. The van der Waals surface area contributed by atoms with Gasteiger partial charge >= 0.3 is 0 Å². The third kappa shape index (κ3) is 3.42. The molecule has 0 atom stereocenters. The molecule has 0 saturated heterocycles. The van der Waals surface area contributed by atoms with E-state index in [4.69, 9.17) is 0 Å². The van der Waals surface area contributed by atoms with Gasteiger partial charge in [-0.15, -0.1) is 11.3 Å². The minimum Gasteiger partial charge on any atom is -0.347 e. The van der Waals surface area contributed by atoms with Crippen LogP contribution in [0.4, 0.5) is 4.39 Å². The lowest BCUT2D eigenvalue weighted by molar-refractivity contribution is 0.0946. The highest BCUT2D eigenvalue weighted by Gasteiger charge is 2.15. The second-order valence-electron chi connectivity index (χ2n) is 4.00. The van der Waals surface area contributed by atoms with Gasteiger partial charge in [0.05, 0.1) is 12.1 Å². The molecule has 0 aliphatic heterocycles. The van der Waals surface area contributed by atoms with Gasteiger partial charge in [-0.1, -0.05) is 13.0 Å². The van der Waals surface area contributed by atoms with Gasteiger partial charge in [0, 0.05) is 14.2 Å². The zero-order valence-corrected chi connectivity index (χ0v) is 12.8. The normalized spacial score (nSPS) is 10.5. The average molecular weight is 342 g/mol. The zero-order valence-electron chi connectivity index (χ0n) is 10.4. The lowest BCUT2D eigenvalue weighted by atomic mass is 10.2. The molecule has 2 nitrogen and oxygen atoms in total. The molecule has 2 aromatic rings. The molecule has 1 aromatic heterocycles. The molecule has 0 fully saturated rings. The molecule has 0 saturated carbocycles. The Balaban J connectivity index is 2.05. The van der Waals surface area contributed by atoms with Crippen LogP contribution in [-0.2, 0) is 13.0 Å². The molecule has 1 N–H and O–H groups in total. The molecule has 1 heterocycles. The summed E-state index contributed by atoms with van der Waals surface area (Å²) in [6, 6.07) is 8.52. The van der Waals surface area contributed by atoms with Gasteiger partial charge < -0.3 is 5.32 Å². The highest BCUT2D eigenvalue weighted by Crippen LogP contribution is 2.20. The van der Waals surface area contributed by atoms with Crippen LogP contribution < -0.4 is 5.32 Å². The number of carbonyl (C=O) groups excluding carboxylic acids is 1. The standard InChI is InChI=1S/C14H13BrFNOS/c1-2-9-6-7-10(19-9)8-17-14(18)13-11(15)4-3-5-12(13)16/h3-7H,2,8H2,1H3,(H,17,18). The van der Waals surface area contributed by atoms with Crippen molar-refractivity contribution >= 4 is 33.2 Å². The van der Waals surface area contributed by atoms with Crippen molar-refractivity contribution in [1.82, 2.24) is 5.32 Å². The number of hydrogen-bond donors (Lipinski definition) is 1. The first-order chi connectivity index (χ1) is 9.11. The number of thiophene rings is 1. The Morgan fingerprint density at radius 1 is 1.32 bits per heavy atom. The van der Waals surface area contributed by atoms with Crippen LogP contribution in [0.15, 0.2) is 34.8 Å². The molecule has 5 heteroatoms. The maximum atomic E-state index is 13.6. The van der Waals surface area contributed by atoms with Gasteiger partial charge in [-0.05, 0) is 46.6 Å². The van der Waals surface area contributed by atoms with Crippen LogP contribution in [0, 0.1) is 5.82 Å². The van der Waals surface area contributed by atoms with Crippen molar-refractivity contribution < 1.29 is 9.18 Å². The fourth-order valence-corrected chi connectivity index (χ4v) is 3.10. The summed E-state index contributed by atoms with van der Waals surface area (Å²) in [5.74, 6) is -0.927. The topological polar surface area (TPSA) is 29.1 Å². The Morgan fingerprint density at radius 2 is 2.05 bits per heavy atom. The molecular weight excluding hydrogens is 329 g/mol. The summed E-state index contributed by atoms with van der Waals surface area (Å²) in [5.41, 5.74) is 0.0507. The first-order valence-corrected chi connectivity index (χ1v) is 7.52. The summed E-state index contributed by atoms with van der Waals surface area (Å²) in [5, 5.41) is 2.74. The Hall–Kier alpha value is -1.20. The van der Waals surface area contributed by atoms with Crippen molar-refractivity contribution in [3.8, 4) is 0 Å². The fourth-order valence-electron chi connectivity index (χ4n) is 1.68. The van der Waals surface area contributed by atoms with Gasteiger partial charge in [0.1, 0.15) is 5.82 Å². The van der Waals surface area contributed by atoms with Crippen LogP contribution in [0.1, 0.15) is 27.0 Å². The van der Waals surface area contributed by atoms with Gasteiger partial charge in [0.15, 0.2) is 0 Å². The van der Waals surface area contributed by atoms with E-state index in [0.717, 1.165) is 11.3 Å². The second-order valence-corrected chi connectivity index (χ2v) is 6.11. The molecule has 0 radical (unpaired) electrons. The van der Waals surface area contributed by atoms with Crippen molar-refractivity contribution in [3.05, 3.63) is 55.9 Å². The van der Waals surface area contributed by atoms with Crippen molar-refractivity contribution in [1.29, 1.82) is 0 Å². The highest BCUT2D eigenvalue weighted by molar-refractivity contribution is 9.10. The van der Waals surface area contributed by atoms with Gasteiger partial charge in [-0.2, -0.15) is 0 Å².